The molecule has 0 saturated heterocycles. The minimum atomic E-state index is 0.422. The first-order valence-electron chi connectivity index (χ1n) is 5.48. The van der Waals surface area contributed by atoms with Crippen LogP contribution in [-0.2, 0) is 6.54 Å². The molecule has 0 bridgehead atoms. The molecular formula is C12H12N4O2. The number of para-hydroxylation sites is 1. The van der Waals surface area contributed by atoms with Gasteiger partial charge in [-0.3, -0.25) is 0 Å². The lowest BCUT2D eigenvalue weighted by Crippen LogP contribution is -2.03. The molecule has 6 heteroatoms. The summed E-state index contributed by atoms with van der Waals surface area (Å²) < 4.78 is 12.2. The fourth-order valence-corrected chi connectivity index (χ4v) is 1.95. The summed E-state index contributed by atoms with van der Waals surface area (Å²) in [4.78, 5) is 4.32. The van der Waals surface area contributed by atoms with E-state index in [2.05, 4.69) is 10.1 Å². The minimum Gasteiger partial charge on any atom is -0.494 e. The topological polar surface area (TPSA) is 79.1 Å². The van der Waals surface area contributed by atoms with Crippen molar-refractivity contribution in [1.29, 1.82) is 0 Å². The predicted octanol–water partition coefficient (Wildman–Crippen LogP) is 1.66. The first-order valence-corrected chi connectivity index (χ1v) is 5.48. The van der Waals surface area contributed by atoms with Gasteiger partial charge in [-0.1, -0.05) is 11.2 Å². The van der Waals surface area contributed by atoms with Crippen LogP contribution >= 0.6 is 0 Å². The molecule has 3 aromatic rings. The third-order valence-electron chi connectivity index (χ3n) is 2.80. The van der Waals surface area contributed by atoms with Crippen LogP contribution in [0.5, 0.6) is 5.75 Å². The number of aromatic nitrogens is 3. The number of nitrogen functional groups attached to an aromatic ring is 1. The molecule has 0 radical (unpaired) electrons. The van der Waals surface area contributed by atoms with Gasteiger partial charge in [-0.15, -0.1) is 0 Å². The summed E-state index contributed by atoms with van der Waals surface area (Å²) in [6.45, 7) is 0.496. The molecular weight excluding hydrogens is 232 g/mol. The predicted molar refractivity (Wildman–Crippen MR) is 66.3 cm³/mol. The highest BCUT2D eigenvalue weighted by Crippen LogP contribution is 2.27. The summed E-state index contributed by atoms with van der Waals surface area (Å²) in [6.07, 6.45) is 1.60. The lowest BCUT2D eigenvalue weighted by molar-refractivity contribution is 0.378. The van der Waals surface area contributed by atoms with Gasteiger partial charge >= 0.3 is 0 Å². The minimum absolute atomic E-state index is 0.422. The number of methoxy groups -OCH3 is 1. The Morgan fingerprint density at radius 1 is 1.39 bits per heavy atom. The molecule has 1 aromatic carbocycles. The molecule has 0 spiro atoms. The van der Waals surface area contributed by atoms with Gasteiger partial charge in [0.25, 0.3) is 0 Å². The Balaban J connectivity index is 2.14. The van der Waals surface area contributed by atoms with E-state index in [1.165, 1.54) is 0 Å². The lowest BCUT2D eigenvalue weighted by atomic mass is 10.3. The number of rotatable bonds is 3. The molecule has 0 atom stereocenters. The third-order valence-corrected chi connectivity index (χ3v) is 2.80. The lowest BCUT2D eigenvalue weighted by Gasteiger charge is -2.04. The molecule has 92 valence electrons. The van der Waals surface area contributed by atoms with E-state index < -0.39 is 0 Å². The second-order valence-electron chi connectivity index (χ2n) is 3.86. The molecule has 0 aliphatic heterocycles. The Labute approximate surface area is 103 Å². The van der Waals surface area contributed by atoms with Crippen molar-refractivity contribution in [2.75, 3.05) is 12.8 Å². The van der Waals surface area contributed by atoms with E-state index in [1.54, 1.807) is 19.4 Å². The van der Waals surface area contributed by atoms with Gasteiger partial charge in [0.1, 0.15) is 11.3 Å². The van der Waals surface area contributed by atoms with Gasteiger partial charge in [0.05, 0.1) is 25.4 Å². The van der Waals surface area contributed by atoms with Crippen molar-refractivity contribution >= 4 is 17.0 Å². The molecule has 2 N–H and O–H groups in total. The molecule has 0 saturated carbocycles. The number of hydrogen-bond acceptors (Lipinski definition) is 5. The molecule has 0 aliphatic carbocycles. The molecule has 0 amide bonds. The van der Waals surface area contributed by atoms with Gasteiger partial charge in [0, 0.05) is 6.07 Å². The maximum absolute atomic E-state index is 5.93. The average molecular weight is 244 g/mol. The summed E-state index contributed by atoms with van der Waals surface area (Å²) in [6, 6.07) is 7.50. The van der Waals surface area contributed by atoms with Crippen molar-refractivity contribution in [1.82, 2.24) is 14.7 Å². The van der Waals surface area contributed by atoms with Crippen LogP contribution in [0, 0.1) is 0 Å². The number of nitrogens with two attached hydrogens (primary N) is 1. The number of ether oxygens (including phenoxy) is 1. The van der Waals surface area contributed by atoms with Crippen LogP contribution in [0.4, 0.5) is 5.95 Å². The van der Waals surface area contributed by atoms with E-state index in [0.717, 1.165) is 16.8 Å². The Kier molecular flexibility index (Phi) is 2.40. The Morgan fingerprint density at radius 3 is 3.00 bits per heavy atom. The van der Waals surface area contributed by atoms with Crippen molar-refractivity contribution in [2.24, 2.45) is 0 Å². The number of anilines is 1. The molecule has 0 fully saturated rings. The van der Waals surface area contributed by atoms with Crippen LogP contribution in [0.3, 0.4) is 0 Å². The summed E-state index contributed by atoms with van der Waals surface area (Å²) in [5.41, 5.74) is 7.58. The van der Waals surface area contributed by atoms with Crippen molar-refractivity contribution in [3.63, 3.8) is 0 Å². The molecule has 3 rings (SSSR count). The fourth-order valence-electron chi connectivity index (χ4n) is 1.95. The maximum Gasteiger partial charge on any atom is 0.201 e. The number of imidazole rings is 1. The molecule has 2 heterocycles. The molecule has 0 aliphatic rings. The van der Waals surface area contributed by atoms with Crippen LogP contribution < -0.4 is 10.5 Å². The zero-order chi connectivity index (χ0) is 12.5. The normalized spacial score (nSPS) is 10.9. The van der Waals surface area contributed by atoms with E-state index >= 15 is 0 Å². The molecule has 2 aromatic heterocycles. The summed E-state index contributed by atoms with van der Waals surface area (Å²) >= 11 is 0. The van der Waals surface area contributed by atoms with Gasteiger partial charge in [-0.25, -0.2) is 4.98 Å². The Bertz CT molecular complexity index is 673. The van der Waals surface area contributed by atoms with Gasteiger partial charge in [0.2, 0.25) is 5.95 Å². The molecule has 6 nitrogen and oxygen atoms in total. The number of fused-ring (bicyclic) bond motifs is 1. The number of benzene rings is 1. The van der Waals surface area contributed by atoms with Crippen LogP contribution in [-0.4, -0.2) is 21.8 Å². The van der Waals surface area contributed by atoms with E-state index in [0.29, 0.717) is 18.2 Å². The van der Waals surface area contributed by atoms with Crippen molar-refractivity contribution < 1.29 is 9.26 Å². The van der Waals surface area contributed by atoms with Crippen LogP contribution in [0.15, 0.2) is 35.0 Å². The van der Waals surface area contributed by atoms with Gasteiger partial charge < -0.3 is 19.6 Å². The van der Waals surface area contributed by atoms with E-state index in [9.17, 15) is 0 Å². The summed E-state index contributed by atoms with van der Waals surface area (Å²) in [5.74, 6) is 1.85. The fraction of sp³-hybridized carbons (Fsp3) is 0.167. The summed E-state index contributed by atoms with van der Waals surface area (Å²) in [7, 11) is 1.61. The Hall–Kier alpha value is -2.50. The first kappa shape index (κ1) is 10.6. The quantitative estimate of drug-likeness (QED) is 0.758. The first-order chi connectivity index (χ1) is 8.79. The van der Waals surface area contributed by atoms with Gasteiger partial charge in [0.15, 0.2) is 5.76 Å². The third kappa shape index (κ3) is 1.58. The highest BCUT2D eigenvalue weighted by molar-refractivity contribution is 5.84. The van der Waals surface area contributed by atoms with Crippen molar-refractivity contribution in [3.8, 4) is 5.75 Å². The second kappa shape index (κ2) is 4.06. The second-order valence-corrected chi connectivity index (χ2v) is 3.86. The van der Waals surface area contributed by atoms with Gasteiger partial charge in [-0.05, 0) is 12.1 Å². The number of hydrogen-bond donors (Lipinski definition) is 1. The average Bonchev–Trinajstić information content (AvgIpc) is 2.99. The maximum atomic E-state index is 5.93. The number of nitrogens with zero attached hydrogens (tertiary/aromatic N) is 3. The highest BCUT2D eigenvalue weighted by atomic mass is 16.5. The monoisotopic (exact) mass is 244 g/mol. The van der Waals surface area contributed by atoms with Crippen LogP contribution in [0.25, 0.3) is 11.0 Å². The zero-order valence-corrected chi connectivity index (χ0v) is 9.83. The largest absolute Gasteiger partial charge is 0.494 e. The van der Waals surface area contributed by atoms with Crippen molar-refractivity contribution in [2.45, 2.75) is 6.54 Å². The van der Waals surface area contributed by atoms with E-state index in [1.807, 2.05) is 22.8 Å². The van der Waals surface area contributed by atoms with Crippen LogP contribution in [0.2, 0.25) is 0 Å². The van der Waals surface area contributed by atoms with Gasteiger partial charge in [-0.2, -0.15) is 0 Å². The summed E-state index contributed by atoms with van der Waals surface area (Å²) in [5, 5.41) is 3.67. The standard InChI is InChI=1S/C12H12N4O2/c1-17-10-4-2-3-9-11(10)15-12(13)16(9)7-8-5-6-14-18-8/h2-6H,7H2,1H3,(H2,13,15). The molecule has 18 heavy (non-hydrogen) atoms. The van der Waals surface area contributed by atoms with Crippen molar-refractivity contribution in [3.05, 3.63) is 36.2 Å². The zero-order valence-electron chi connectivity index (χ0n) is 9.83. The smallest absolute Gasteiger partial charge is 0.201 e. The molecule has 0 unspecified atom stereocenters. The van der Waals surface area contributed by atoms with Crippen LogP contribution in [0.1, 0.15) is 5.76 Å². The van der Waals surface area contributed by atoms with E-state index in [-0.39, 0.29) is 0 Å². The highest BCUT2D eigenvalue weighted by Gasteiger charge is 2.13. The Morgan fingerprint density at radius 2 is 2.28 bits per heavy atom. The SMILES string of the molecule is COc1cccc2c1nc(N)n2Cc1ccno1. The van der Waals surface area contributed by atoms with E-state index in [4.69, 9.17) is 15.0 Å².